The lowest BCUT2D eigenvalue weighted by atomic mass is 10.1. The summed E-state index contributed by atoms with van der Waals surface area (Å²) in [5.41, 5.74) is 11.2. The van der Waals surface area contributed by atoms with Gasteiger partial charge < -0.3 is 16.4 Å². The number of nitrogens with one attached hydrogen (secondary N) is 2. The van der Waals surface area contributed by atoms with Gasteiger partial charge in [-0.1, -0.05) is 43.2 Å². The van der Waals surface area contributed by atoms with Gasteiger partial charge in [-0.25, -0.2) is 9.97 Å². The molecule has 0 bridgehead atoms. The molecule has 1 aromatic heterocycles. The molecule has 0 saturated carbocycles. The van der Waals surface area contributed by atoms with Crippen LogP contribution in [-0.4, -0.2) is 9.97 Å². The number of aromatic nitrogens is 2. The van der Waals surface area contributed by atoms with Crippen molar-refractivity contribution >= 4 is 28.7 Å². The first-order valence-corrected chi connectivity index (χ1v) is 8.96. The quantitative estimate of drug-likeness (QED) is 0.548. The molecule has 0 aliphatic carbocycles. The molecule has 0 amide bonds. The van der Waals surface area contributed by atoms with E-state index in [-0.39, 0.29) is 0 Å². The summed E-state index contributed by atoms with van der Waals surface area (Å²) in [6, 6.07) is 16.5. The zero-order valence-corrected chi connectivity index (χ0v) is 15.3. The van der Waals surface area contributed by atoms with Gasteiger partial charge in [0.25, 0.3) is 0 Å². The molecular formula is C21H25N5. The second-order valence-electron chi connectivity index (χ2n) is 6.40. The Kier molecular flexibility index (Phi) is 5.69. The Morgan fingerprint density at radius 2 is 1.38 bits per heavy atom. The van der Waals surface area contributed by atoms with Crippen LogP contribution < -0.4 is 16.4 Å². The number of hydrogen-bond donors (Lipinski definition) is 3. The lowest BCUT2D eigenvalue weighted by Gasteiger charge is -2.13. The van der Waals surface area contributed by atoms with Gasteiger partial charge in [0.2, 0.25) is 0 Å². The minimum Gasteiger partial charge on any atom is -0.393 e. The summed E-state index contributed by atoms with van der Waals surface area (Å²) < 4.78 is 0. The second kappa shape index (κ2) is 8.34. The number of nitrogens with zero attached hydrogens (tertiary/aromatic N) is 2. The summed E-state index contributed by atoms with van der Waals surface area (Å²) >= 11 is 0. The molecule has 0 radical (unpaired) electrons. The average Bonchev–Trinajstić information content (AvgIpc) is 2.66. The third kappa shape index (κ3) is 4.51. The lowest BCUT2D eigenvalue weighted by Crippen LogP contribution is -2.05. The van der Waals surface area contributed by atoms with Gasteiger partial charge in [0.15, 0.2) is 11.6 Å². The van der Waals surface area contributed by atoms with Crippen LogP contribution in [0, 0.1) is 6.92 Å². The van der Waals surface area contributed by atoms with Gasteiger partial charge in [-0.3, -0.25) is 0 Å². The van der Waals surface area contributed by atoms with Crippen molar-refractivity contribution in [2.45, 2.75) is 33.1 Å². The van der Waals surface area contributed by atoms with Crippen LogP contribution in [0.5, 0.6) is 0 Å². The molecule has 0 atom stereocenters. The largest absolute Gasteiger partial charge is 0.393 e. The monoisotopic (exact) mass is 347 g/mol. The van der Waals surface area contributed by atoms with Crippen molar-refractivity contribution in [3.63, 3.8) is 0 Å². The van der Waals surface area contributed by atoms with Gasteiger partial charge in [-0.2, -0.15) is 0 Å². The van der Waals surface area contributed by atoms with Gasteiger partial charge in [0, 0.05) is 11.4 Å². The van der Waals surface area contributed by atoms with E-state index in [1.54, 1.807) is 0 Å². The number of hydrogen-bond acceptors (Lipinski definition) is 5. The maximum absolute atomic E-state index is 6.25. The predicted octanol–water partition coefficient (Wildman–Crippen LogP) is 5.20. The van der Waals surface area contributed by atoms with E-state index in [0.29, 0.717) is 17.3 Å². The molecule has 0 spiro atoms. The first-order valence-electron chi connectivity index (χ1n) is 8.96. The number of rotatable bonds is 7. The van der Waals surface area contributed by atoms with E-state index in [1.165, 1.54) is 30.3 Å². The highest BCUT2D eigenvalue weighted by Crippen LogP contribution is 2.28. The first-order chi connectivity index (χ1) is 12.7. The number of nitrogen functional groups attached to an aromatic ring is 1. The average molecular weight is 347 g/mol. The Balaban J connectivity index is 1.73. The van der Waals surface area contributed by atoms with Crippen molar-refractivity contribution in [1.82, 2.24) is 9.97 Å². The van der Waals surface area contributed by atoms with Crippen molar-refractivity contribution in [2.24, 2.45) is 0 Å². The third-order valence-electron chi connectivity index (χ3n) is 4.23. The zero-order valence-electron chi connectivity index (χ0n) is 15.3. The van der Waals surface area contributed by atoms with Crippen LogP contribution in [-0.2, 0) is 6.42 Å². The van der Waals surface area contributed by atoms with Crippen LogP contribution in [0.1, 0.15) is 30.9 Å². The number of nitrogens with two attached hydrogens (primary N) is 1. The molecule has 0 unspecified atom stereocenters. The summed E-state index contributed by atoms with van der Waals surface area (Å²) in [5, 5.41) is 6.52. The summed E-state index contributed by atoms with van der Waals surface area (Å²) in [4.78, 5) is 8.53. The standard InChI is InChI=1S/C21H25N5/c1-3-4-5-16-8-12-18(13-9-16)26-21-19(22)20(23-14-24-21)25-17-10-6-15(2)7-11-17/h6-14H,3-5,22H2,1-2H3,(H2,23,24,25,26). The molecule has 4 N–H and O–H groups in total. The van der Waals surface area contributed by atoms with Crippen molar-refractivity contribution in [2.75, 3.05) is 16.4 Å². The fourth-order valence-electron chi connectivity index (χ4n) is 2.64. The van der Waals surface area contributed by atoms with Gasteiger partial charge in [0.1, 0.15) is 12.0 Å². The molecule has 5 nitrogen and oxygen atoms in total. The van der Waals surface area contributed by atoms with E-state index in [9.17, 15) is 0 Å². The summed E-state index contributed by atoms with van der Waals surface area (Å²) in [6.45, 7) is 4.26. The van der Waals surface area contributed by atoms with Crippen LogP contribution in [0.2, 0.25) is 0 Å². The Bertz CT molecular complexity index is 841. The van der Waals surface area contributed by atoms with Crippen LogP contribution in [0.3, 0.4) is 0 Å². The lowest BCUT2D eigenvalue weighted by molar-refractivity contribution is 0.795. The molecule has 0 fully saturated rings. The predicted molar refractivity (Wildman–Crippen MR) is 109 cm³/mol. The molecule has 1 heterocycles. The molecule has 0 saturated heterocycles. The summed E-state index contributed by atoms with van der Waals surface area (Å²) in [5.74, 6) is 1.18. The summed E-state index contributed by atoms with van der Waals surface area (Å²) in [7, 11) is 0. The van der Waals surface area contributed by atoms with Crippen molar-refractivity contribution in [1.29, 1.82) is 0 Å². The Hall–Kier alpha value is -3.08. The zero-order chi connectivity index (χ0) is 18.4. The van der Waals surface area contributed by atoms with Gasteiger partial charge in [-0.15, -0.1) is 0 Å². The fraction of sp³-hybridized carbons (Fsp3) is 0.238. The first kappa shape index (κ1) is 17.7. The van der Waals surface area contributed by atoms with Crippen molar-refractivity contribution < 1.29 is 0 Å². The highest BCUT2D eigenvalue weighted by molar-refractivity contribution is 5.80. The van der Waals surface area contributed by atoms with Gasteiger partial charge >= 0.3 is 0 Å². The molecule has 0 aliphatic rings. The van der Waals surface area contributed by atoms with Crippen molar-refractivity contribution in [3.8, 4) is 0 Å². The van der Waals surface area contributed by atoms with E-state index < -0.39 is 0 Å². The molecule has 5 heteroatoms. The molecule has 3 aromatic rings. The van der Waals surface area contributed by atoms with E-state index in [0.717, 1.165) is 17.8 Å². The topological polar surface area (TPSA) is 75.9 Å². The smallest absolute Gasteiger partial charge is 0.159 e. The van der Waals surface area contributed by atoms with Crippen LogP contribution in [0.25, 0.3) is 0 Å². The molecule has 26 heavy (non-hydrogen) atoms. The molecule has 3 rings (SSSR count). The van der Waals surface area contributed by atoms with E-state index >= 15 is 0 Å². The molecular weight excluding hydrogens is 322 g/mol. The highest BCUT2D eigenvalue weighted by Gasteiger charge is 2.09. The molecule has 0 aliphatic heterocycles. The number of benzene rings is 2. The maximum Gasteiger partial charge on any atom is 0.159 e. The second-order valence-corrected chi connectivity index (χ2v) is 6.40. The maximum atomic E-state index is 6.25. The van der Waals surface area contributed by atoms with E-state index in [2.05, 4.69) is 58.7 Å². The number of aryl methyl sites for hydroxylation is 2. The fourth-order valence-corrected chi connectivity index (χ4v) is 2.64. The van der Waals surface area contributed by atoms with Crippen LogP contribution in [0.4, 0.5) is 28.7 Å². The van der Waals surface area contributed by atoms with E-state index in [1.807, 2.05) is 24.3 Å². The van der Waals surface area contributed by atoms with Crippen LogP contribution >= 0.6 is 0 Å². The van der Waals surface area contributed by atoms with Gasteiger partial charge in [-0.05, 0) is 49.6 Å². The minimum absolute atomic E-state index is 0.489. The normalized spacial score (nSPS) is 10.5. The molecule has 134 valence electrons. The summed E-state index contributed by atoms with van der Waals surface area (Å²) in [6.07, 6.45) is 5.02. The third-order valence-corrected chi connectivity index (χ3v) is 4.23. The van der Waals surface area contributed by atoms with Gasteiger partial charge in [0.05, 0.1) is 0 Å². The van der Waals surface area contributed by atoms with Crippen molar-refractivity contribution in [3.05, 3.63) is 66.0 Å². The Morgan fingerprint density at radius 1 is 0.846 bits per heavy atom. The Labute approximate surface area is 154 Å². The highest BCUT2D eigenvalue weighted by atomic mass is 15.1. The SMILES string of the molecule is CCCCc1ccc(Nc2ncnc(Nc3ccc(C)cc3)c2N)cc1. The van der Waals surface area contributed by atoms with Crippen LogP contribution in [0.15, 0.2) is 54.9 Å². The number of anilines is 5. The minimum atomic E-state index is 0.489. The number of unbranched alkanes of at least 4 members (excludes halogenated alkanes) is 1. The van der Waals surface area contributed by atoms with E-state index in [4.69, 9.17) is 5.73 Å². The Morgan fingerprint density at radius 3 is 1.92 bits per heavy atom. The molecule has 2 aromatic carbocycles.